The molecule has 2 rings (SSSR count). The molecule has 1 N–H and O–H groups in total. The normalized spacial score (nSPS) is 12.6. The number of nitrogens with one attached hydrogen (secondary N) is 1. The van der Waals surface area contributed by atoms with Crippen LogP contribution in [0.25, 0.3) is 0 Å². The number of rotatable bonds is 6. The van der Waals surface area contributed by atoms with Crippen molar-refractivity contribution in [2.24, 2.45) is 0 Å². The van der Waals surface area contributed by atoms with E-state index in [1.54, 1.807) is 6.07 Å². The third-order valence-electron chi connectivity index (χ3n) is 3.54. The molecule has 5 heteroatoms. The minimum atomic E-state index is -0.345. The van der Waals surface area contributed by atoms with Crippen LogP contribution in [0.5, 0.6) is 0 Å². The van der Waals surface area contributed by atoms with Gasteiger partial charge < -0.3 is 5.32 Å². The first-order valence-corrected chi connectivity index (χ1v) is 7.90. The number of nitrogens with zero attached hydrogens (tertiary/aromatic N) is 1. The summed E-state index contributed by atoms with van der Waals surface area (Å²) >= 11 is 1.17. The van der Waals surface area contributed by atoms with Gasteiger partial charge in [-0.3, -0.25) is 10.1 Å². The van der Waals surface area contributed by atoms with Crippen LogP contribution in [0.4, 0.5) is 5.00 Å². The van der Waals surface area contributed by atoms with Gasteiger partial charge in [0, 0.05) is 24.0 Å². The zero-order chi connectivity index (χ0) is 15.4. The van der Waals surface area contributed by atoms with E-state index >= 15 is 0 Å². The molecule has 1 aromatic heterocycles. The van der Waals surface area contributed by atoms with Crippen LogP contribution in [0, 0.1) is 10.1 Å². The number of nitro groups is 1. The Balaban J connectivity index is 1.94. The van der Waals surface area contributed by atoms with Crippen LogP contribution in [0.2, 0.25) is 0 Å². The number of benzene rings is 1. The molecule has 0 spiro atoms. The summed E-state index contributed by atoms with van der Waals surface area (Å²) in [6.07, 6.45) is 0. The van der Waals surface area contributed by atoms with Crippen molar-refractivity contribution >= 4 is 16.3 Å². The quantitative estimate of drug-likeness (QED) is 0.625. The second-order valence-corrected chi connectivity index (χ2v) is 6.36. The largest absolute Gasteiger partial charge is 0.324 e. The van der Waals surface area contributed by atoms with Gasteiger partial charge in [-0.2, -0.15) is 0 Å². The maximum absolute atomic E-state index is 10.7. The molecule has 0 aliphatic rings. The van der Waals surface area contributed by atoms with Crippen LogP contribution in [-0.2, 0) is 6.54 Å². The molecule has 1 atom stereocenters. The summed E-state index contributed by atoms with van der Waals surface area (Å²) in [6.45, 7) is 7.10. The minimum absolute atomic E-state index is 0.195. The van der Waals surface area contributed by atoms with E-state index in [4.69, 9.17) is 0 Å². The summed E-state index contributed by atoms with van der Waals surface area (Å²) in [7, 11) is 0. The smallest absolute Gasteiger partial charge is 0.306 e. The second-order valence-electron chi connectivity index (χ2n) is 5.47. The zero-order valence-electron chi connectivity index (χ0n) is 12.5. The standard InChI is InChI=1S/C16H20N2O2S/c1-11(2)14-4-6-15(7-5-14)12(3)17-9-13-8-16(18(19)20)21-10-13/h4-8,10-12,17H,9H2,1-3H3. The fourth-order valence-corrected chi connectivity index (χ4v) is 2.84. The molecule has 1 heterocycles. The molecule has 21 heavy (non-hydrogen) atoms. The lowest BCUT2D eigenvalue weighted by atomic mass is 9.99. The van der Waals surface area contributed by atoms with E-state index in [0.717, 1.165) is 5.56 Å². The van der Waals surface area contributed by atoms with Gasteiger partial charge in [0.25, 0.3) is 0 Å². The molecule has 0 aliphatic carbocycles. The lowest BCUT2D eigenvalue weighted by Crippen LogP contribution is -2.17. The molecule has 0 saturated heterocycles. The Morgan fingerprint density at radius 2 is 1.81 bits per heavy atom. The highest BCUT2D eigenvalue weighted by atomic mass is 32.1. The van der Waals surface area contributed by atoms with Crippen LogP contribution >= 0.6 is 11.3 Å². The SMILES string of the molecule is CC(C)c1ccc(C(C)NCc2csc([N+](=O)[O-])c2)cc1. The Morgan fingerprint density at radius 1 is 1.19 bits per heavy atom. The van der Waals surface area contributed by atoms with Gasteiger partial charge >= 0.3 is 5.00 Å². The molecule has 1 aromatic carbocycles. The zero-order valence-corrected chi connectivity index (χ0v) is 13.3. The summed E-state index contributed by atoms with van der Waals surface area (Å²) in [5, 5.41) is 16.1. The lowest BCUT2D eigenvalue weighted by molar-refractivity contribution is -0.380. The van der Waals surface area contributed by atoms with Crippen molar-refractivity contribution in [3.05, 3.63) is 62.5 Å². The van der Waals surface area contributed by atoms with Crippen molar-refractivity contribution in [2.45, 2.75) is 39.3 Å². The van der Waals surface area contributed by atoms with Crippen LogP contribution in [0.15, 0.2) is 35.7 Å². The first kappa shape index (κ1) is 15.7. The molecule has 0 amide bonds. The van der Waals surface area contributed by atoms with E-state index in [0.29, 0.717) is 12.5 Å². The fraction of sp³-hybridized carbons (Fsp3) is 0.375. The maximum Gasteiger partial charge on any atom is 0.324 e. The minimum Gasteiger partial charge on any atom is -0.306 e. The Morgan fingerprint density at radius 3 is 2.33 bits per heavy atom. The van der Waals surface area contributed by atoms with Gasteiger partial charge in [-0.1, -0.05) is 49.4 Å². The van der Waals surface area contributed by atoms with Crippen LogP contribution in [-0.4, -0.2) is 4.92 Å². The summed E-state index contributed by atoms with van der Waals surface area (Å²) in [6, 6.07) is 10.4. The highest BCUT2D eigenvalue weighted by Gasteiger charge is 2.11. The van der Waals surface area contributed by atoms with Crippen molar-refractivity contribution in [2.75, 3.05) is 0 Å². The summed E-state index contributed by atoms with van der Waals surface area (Å²) in [5.74, 6) is 0.536. The lowest BCUT2D eigenvalue weighted by Gasteiger charge is -2.15. The second kappa shape index (κ2) is 6.83. The summed E-state index contributed by atoms with van der Waals surface area (Å²) in [4.78, 5) is 10.3. The van der Waals surface area contributed by atoms with Crippen LogP contribution in [0.1, 0.15) is 49.4 Å². The first-order valence-electron chi connectivity index (χ1n) is 7.02. The van der Waals surface area contributed by atoms with Crippen molar-refractivity contribution in [3.8, 4) is 0 Å². The third-order valence-corrected chi connectivity index (χ3v) is 4.46. The van der Waals surface area contributed by atoms with Crippen molar-refractivity contribution in [1.82, 2.24) is 5.32 Å². The first-order chi connectivity index (χ1) is 9.97. The number of hydrogen-bond donors (Lipinski definition) is 1. The average Bonchev–Trinajstić information content (AvgIpc) is 2.94. The van der Waals surface area contributed by atoms with Gasteiger partial charge in [0.2, 0.25) is 0 Å². The monoisotopic (exact) mass is 304 g/mol. The van der Waals surface area contributed by atoms with E-state index in [-0.39, 0.29) is 16.0 Å². The molecule has 0 fully saturated rings. The molecule has 0 saturated carbocycles. The Kier molecular flexibility index (Phi) is 5.09. The molecular weight excluding hydrogens is 284 g/mol. The van der Waals surface area contributed by atoms with Crippen molar-refractivity contribution in [1.29, 1.82) is 0 Å². The fourth-order valence-electron chi connectivity index (χ4n) is 2.11. The Bertz CT molecular complexity index is 605. The predicted molar refractivity (Wildman–Crippen MR) is 86.8 cm³/mol. The molecule has 112 valence electrons. The Labute approximate surface area is 129 Å². The van der Waals surface area contributed by atoms with E-state index < -0.39 is 0 Å². The third kappa shape index (κ3) is 4.12. The number of thiophene rings is 1. The molecule has 2 aromatic rings. The van der Waals surface area contributed by atoms with Crippen LogP contribution in [0.3, 0.4) is 0 Å². The maximum atomic E-state index is 10.7. The average molecular weight is 304 g/mol. The predicted octanol–water partition coefficient (Wildman–Crippen LogP) is 4.63. The highest BCUT2D eigenvalue weighted by Crippen LogP contribution is 2.23. The van der Waals surface area contributed by atoms with Gasteiger partial charge in [0.15, 0.2) is 0 Å². The van der Waals surface area contributed by atoms with Gasteiger partial charge in [0.1, 0.15) is 0 Å². The molecule has 0 bridgehead atoms. The van der Waals surface area contributed by atoms with E-state index in [1.165, 1.54) is 22.5 Å². The summed E-state index contributed by atoms with van der Waals surface area (Å²) < 4.78 is 0. The van der Waals surface area contributed by atoms with Crippen molar-refractivity contribution < 1.29 is 4.92 Å². The van der Waals surface area contributed by atoms with Gasteiger partial charge in [0.05, 0.1) is 4.92 Å². The van der Waals surface area contributed by atoms with Gasteiger partial charge in [-0.15, -0.1) is 0 Å². The molecule has 4 nitrogen and oxygen atoms in total. The van der Waals surface area contributed by atoms with Crippen molar-refractivity contribution in [3.63, 3.8) is 0 Å². The Hall–Kier alpha value is -1.72. The molecule has 1 unspecified atom stereocenters. The molecule has 0 aliphatic heterocycles. The van der Waals surface area contributed by atoms with E-state index in [9.17, 15) is 10.1 Å². The number of hydrogen-bond acceptors (Lipinski definition) is 4. The topological polar surface area (TPSA) is 55.2 Å². The highest BCUT2D eigenvalue weighted by molar-refractivity contribution is 7.13. The van der Waals surface area contributed by atoms with Gasteiger partial charge in [-0.25, -0.2) is 0 Å². The molecular formula is C16H20N2O2S. The van der Waals surface area contributed by atoms with E-state index in [2.05, 4.69) is 50.4 Å². The molecule has 0 radical (unpaired) electrons. The van der Waals surface area contributed by atoms with Gasteiger partial charge in [-0.05, 0) is 29.5 Å². The van der Waals surface area contributed by atoms with Crippen LogP contribution < -0.4 is 5.32 Å². The van der Waals surface area contributed by atoms with E-state index in [1.807, 2.05) is 5.38 Å². The summed E-state index contributed by atoms with van der Waals surface area (Å²) in [5.41, 5.74) is 3.51.